The molecule has 0 saturated heterocycles. The fourth-order valence-corrected chi connectivity index (χ4v) is 3.96. The van der Waals surface area contributed by atoms with Gasteiger partial charge in [0, 0.05) is 0 Å². The Kier molecular flexibility index (Phi) is 6.90. The highest BCUT2D eigenvalue weighted by molar-refractivity contribution is 7.80. The lowest BCUT2D eigenvalue weighted by Crippen LogP contribution is -2.46. The summed E-state index contributed by atoms with van der Waals surface area (Å²) in [6.07, 6.45) is 0. The van der Waals surface area contributed by atoms with E-state index >= 15 is 0 Å². The van der Waals surface area contributed by atoms with E-state index in [-0.39, 0.29) is 0 Å². The van der Waals surface area contributed by atoms with Crippen LogP contribution >= 0.6 is 12.2 Å². The zero-order chi connectivity index (χ0) is 23.2. The molecular formula is C26H25N3O3S. The normalized spacial score (nSPS) is 15.4. The molecule has 0 aromatic heterocycles. The minimum absolute atomic E-state index is 0.398. The fourth-order valence-electron chi connectivity index (χ4n) is 3.74. The fraction of sp³-hybridized carbons (Fsp3) is 0.154. The maximum Gasteiger partial charge on any atom is 0.249 e. The molecule has 168 valence electrons. The van der Waals surface area contributed by atoms with Crippen molar-refractivity contribution >= 4 is 28.9 Å². The number of hydrogen-bond donors (Lipinski definition) is 3. The summed E-state index contributed by atoms with van der Waals surface area (Å²) >= 11 is 5.44. The largest absolute Gasteiger partial charge is 0.490 e. The van der Waals surface area contributed by atoms with Crippen molar-refractivity contribution in [3.63, 3.8) is 0 Å². The van der Waals surface area contributed by atoms with Crippen molar-refractivity contribution in [2.75, 3.05) is 6.61 Å². The average Bonchev–Trinajstić information content (AvgIpc) is 2.84. The molecular weight excluding hydrogens is 434 g/mol. The highest BCUT2D eigenvalue weighted by Gasteiger charge is 2.31. The molecule has 1 unspecified atom stereocenters. The standard InChI is InChI=1S/C26H25N3O3S/c1-2-31-21-15-19(13-14-20(21)32-16-17-9-5-3-6-10-17)24-22(25(27)30)23(28-26(33)29-24)18-11-7-4-8-12-18/h3-15,24H,2,16H2,1H3,(H2,27,30)(H2,28,29,33). The van der Waals surface area contributed by atoms with Gasteiger partial charge in [-0.3, -0.25) is 4.79 Å². The van der Waals surface area contributed by atoms with E-state index in [9.17, 15) is 4.79 Å². The molecule has 0 bridgehead atoms. The molecule has 3 aromatic rings. The molecule has 33 heavy (non-hydrogen) atoms. The molecule has 1 aliphatic rings. The lowest BCUT2D eigenvalue weighted by molar-refractivity contribution is -0.114. The molecule has 4 rings (SSSR count). The number of nitrogens with two attached hydrogens (primary N) is 1. The van der Waals surface area contributed by atoms with Gasteiger partial charge in [-0.05, 0) is 48.0 Å². The second-order valence-electron chi connectivity index (χ2n) is 7.46. The van der Waals surface area contributed by atoms with E-state index < -0.39 is 11.9 Å². The Bertz CT molecular complexity index is 1180. The topological polar surface area (TPSA) is 85.6 Å². The molecule has 0 saturated carbocycles. The van der Waals surface area contributed by atoms with Gasteiger partial charge in [0.25, 0.3) is 0 Å². The Hall–Kier alpha value is -3.84. The summed E-state index contributed by atoms with van der Waals surface area (Å²) < 4.78 is 11.9. The van der Waals surface area contributed by atoms with Crippen molar-refractivity contribution in [2.45, 2.75) is 19.6 Å². The summed E-state index contributed by atoms with van der Waals surface area (Å²) in [7, 11) is 0. The molecule has 6 nitrogen and oxygen atoms in total. The smallest absolute Gasteiger partial charge is 0.249 e. The van der Waals surface area contributed by atoms with Crippen molar-refractivity contribution in [3.8, 4) is 11.5 Å². The molecule has 1 amide bonds. The Morgan fingerprint density at radius 3 is 2.33 bits per heavy atom. The second-order valence-corrected chi connectivity index (χ2v) is 7.87. The number of thiocarbonyl (C=S) groups is 1. The summed E-state index contributed by atoms with van der Waals surface area (Å²) in [4.78, 5) is 12.6. The summed E-state index contributed by atoms with van der Waals surface area (Å²) in [5.41, 5.74) is 9.50. The first kappa shape index (κ1) is 22.4. The first-order valence-electron chi connectivity index (χ1n) is 10.7. The lowest BCUT2D eigenvalue weighted by Gasteiger charge is -2.31. The molecule has 0 fully saturated rings. The average molecular weight is 460 g/mol. The Morgan fingerprint density at radius 2 is 1.67 bits per heavy atom. The van der Waals surface area contributed by atoms with E-state index in [4.69, 9.17) is 27.4 Å². The molecule has 3 aromatic carbocycles. The van der Waals surface area contributed by atoms with Gasteiger partial charge in [0.2, 0.25) is 5.91 Å². The van der Waals surface area contributed by atoms with Gasteiger partial charge in [0.1, 0.15) is 6.61 Å². The Balaban J connectivity index is 1.71. The summed E-state index contributed by atoms with van der Waals surface area (Å²) in [6.45, 7) is 2.80. The number of primary amides is 1. The van der Waals surface area contributed by atoms with Crippen LogP contribution in [-0.4, -0.2) is 17.6 Å². The van der Waals surface area contributed by atoms with Gasteiger partial charge in [-0.1, -0.05) is 66.7 Å². The summed E-state index contributed by atoms with van der Waals surface area (Å²) in [5.74, 6) is 0.667. The summed E-state index contributed by atoms with van der Waals surface area (Å²) in [6, 6.07) is 24.5. The monoisotopic (exact) mass is 459 g/mol. The van der Waals surface area contributed by atoms with Crippen molar-refractivity contribution in [3.05, 3.63) is 101 Å². The van der Waals surface area contributed by atoms with E-state index in [1.165, 1.54) is 0 Å². The van der Waals surface area contributed by atoms with Crippen LogP contribution in [0.4, 0.5) is 0 Å². The van der Waals surface area contributed by atoms with Gasteiger partial charge in [-0.15, -0.1) is 0 Å². The van der Waals surface area contributed by atoms with Crippen LogP contribution in [0.1, 0.15) is 29.7 Å². The quantitative estimate of drug-likeness (QED) is 0.440. The number of nitrogens with one attached hydrogen (secondary N) is 2. The zero-order valence-electron chi connectivity index (χ0n) is 18.2. The Morgan fingerprint density at radius 1 is 0.970 bits per heavy atom. The molecule has 0 spiro atoms. The molecule has 4 N–H and O–H groups in total. The van der Waals surface area contributed by atoms with Crippen LogP contribution in [0.25, 0.3) is 5.70 Å². The van der Waals surface area contributed by atoms with E-state index in [1.807, 2.05) is 85.8 Å². The number of carbonyl (C=O) groups excluding carboxylic acids is 1. The van der Waals surface area contributed by atoms with E-state index in [1.54, 1.807) is 0 Å². The summed E-state index contributed by atoms with van der Waals surface area (Å²) in [5, 5.41) is 6.68. The van der Waals surface area contributed by atoms with Crippen LogP contribution in [0.2, 0.25) is 0 Å². The number of ether oxygens (including phenoxy) is 2. The minimum Gasteiger partial charge on any atom is -0.490 e. The molecule has 0 aliphatic carbocycles. The van der Waals surface area contributed by atoms with Crippen molar-refractivity contribution in [2.24, 2.45) is 5.73 Å². The first-order valence-corrected chi connectivity index (χ1v) is 11.1. The number of amides is 1. The second kappa shape index (κ2) is 10.2. The first-order chi connectivity index (χ1) is 16.1. The van der Waals surface area contributed by atoms with Crippen LogP contribution in [0.5, 0.6) is 11.5 Å². The van der Waals surface area contributed by atoms with Gasteiger partial charge in [-0.2, -0.15) is 0 Å². The van der Waals surface area contributed by atoms with Crippen molar-refractivity contribution < 1.29 is 14.3 Å². The Labute approximate surface area is 198 Å². The molecule has 7 heteroatoms. The van der Waals surface area contributed by atoms with Crippen molar-refractivity contribution in [1.29, 1.82) is 0 Å². The third-order valence-electron chi connectivity index (χ3n) is 5.24. The number of rotatable bonds is 8. The van der Waals surface area contributed by atoms with Crippen LogP contribution in [0.15, 0.2) is 84.4 Å². The molecule has 1 heterocycles. The predicted octanol–water partition coefficient (Wildman–Crippen LogP) is 4.08. The maximum absolute atomic E-state index is 12.6. The highest BCUT2D eigenvalue weighted by Crippen LogP contribution is 2.36. The third-order valence-corrected chi connectivity index (χ3v) is 5.46. The zero-order valence-corrected chi connectivity index (χ0v) is 19.0. The van der Waals surface area contributed by atoms with Crippen LogP contribution < -0.4 is 25.8 Å². The lowest BCUT2D eigenvalue weighted by atomic mass is 9.92. The third kappa shape index (κ3) is 5.15. The highest BCUT2D eigenvalue weighted by atomic mass is 32.1. The number of hydrogen-bond acceptors (Lipinski definition) is 4. The van der Waals surface area contributed by atoms with Crippen LogP contribution in [0.3, 0.4) is 0 Å². The SMILES string of the molecule is CCOc1cc(C2NC(=S)NC(c3ccccc3)=C2C(N)=O)ccc1OCc1ccccc1. The van der Waals surface area contributed by atoms with E-state index in [2.05, 4.69) is 10.6 Å². The molecule has 0 radical (unpaired) electrons. The maximum atomic E-state index is 12.6. The van der Waals surface area contributed by atoms with Gasteiger partial charge < -0.3 is 25.8 Å². The molecule has 1 atom stereocenters. The minimum atomic E-state index is -0.538. The molecule has 1 aliphatic heterocycles. The number of benzene rings is 3. The van der Waals surface area contributed by atoms with E-state index in [0.717, 1.165) is 16.7 Å². The van der Waals surface area contributed by atoms with Gasteiger partial charge in [0.05, 0.1) is 23.9 Å². The van der Waals surface area contributed by atoms with Gasteiger partial charge >= 0.3 is 0 Å². The predicted molar refractivity (Wildman–Crippen MR) is 133 cm³/mol. The van der Waals surface area contributed by atoms with Crippen LogP contribution in [0, 0.1) is 0 Å². The van der Waals surface area contributed by atoms with Crippen LogP contribution in [-0.2, 0) is 11.4 Å². The van der Waals surface area contributed by atoms with Gasteiger partial charge in [0.15, 0.2) is 16.6 Å². The van der Waals surface area contributed by atoms with E-state index in [0.29, 0.717) is 41.1 Å². The van der Waals surface area contributed by atoms with Gasteiger partial charge in [-0.25, -0.2) is 0 Å². The van der Waals surface area contributed by atoms with Crippen molar-refractivity contribution in [1.82, 2.24) is 10.6 Å². The number of carbonyl (C=O) groups is 1.